The lowest BCUT2D eigenvalue weighted by Crippen LogP contribution is -2.21. The zero-order valence-corrected chi connectivity index (χ0v) is 26.1. The van der Waals surface area contributed by atoms with Crippen molar-refractivity contribution < 1.29 is 37.3 Å². The Kier molecular flexibility index (Phi) is 11.2. The normalized spacial score (nSPS) is 12.4. The van der Waals surface area contributed by atoms with E-state index in [1.54, 1.807) is 29.1 Å². The second kappa shape index (κ2) is 15.1. The van der Waals surface area contributed by atoms with Crippen molar-refractivity contribution in [1.82, 2.24) is 30.0 Å². The van der Waals surface area contributed by atoms with Crippen LogP contribution in [0.2, 0.25) is 0 Å². The van der Waals surface area contributed by atoms with E-state index in [9.17, 15) is 27.4 Å². The number of hydrogen-bond acceptors (Lipinski definition) is 10. The van der Waals surface area contributed by atoms with Crippen molar-refractivity contribution in [2.45, 2.75) is 44.6 Å². The molecule has 3 heterocycles. The average molecular weight is 662 g/mol. The summed E-state index contributed by atoms with van der Waals surface area (Å²) in [5, 5.41) is 21.2. The Labute approximate surface area is 263 Å². The van der Waals surface area contributed by atoms with Crippen LogP contribution in [-0.2, 0) is 23.7 Å². The van der Waals surface area contributed by atoms with Crippen LogP contribution in [-0.4, -0.2) is 67.1 Å². The summed E-state index contributed by atoms with van der Waals surface area (Å²) in [6, 6.07) is 7.91. The summed E-state index contributed by atoms with van der Waals surface area (Å²) in [6.45, 7) is 2.27. The third kappa shape index (κ3) is 8.33. The van der Waals surface area contributed by atoms with E-state index in [4.69, 9.17) is 9.84 Å². The van der Waals surface area contributed by atoms with Crippen LogP contribution in [0.3, 0.4) is 0 Å². The maximum atomic E-state index is 14.0. The van der Waals surface area contributed by atoms with Gasteiger partial charge in [0.15, 0.2) is 11.4 Å². The molecule has 0 aliphatic rings. The van der Waals surface area contributed by atoms with Crippen molar-refractivity contribution >= 4 is 37.1 Å². The quantitative estimate of drug-likeness (QED) is 0.114. The number of aliphatic hydroxyl groups excluding tert-OH is 1. The molecule has 2 atom stereocenters. The summed E-state index contributed by atoms with van der Waals surface area (Å²) in [5.74, 6) is -1.17. The summed E-state index contributed by atoms with van der Waals surface area (Å²) in [7, 11) is 0.400. The Bertz CT molecular complexity index is 1700. The highest BCUT2D eigenvalue weighted by molar-refractivity contribution is 7.38. The first-order valence-corrected chi connectivity index (χ1v) is 15.4. The van der Waals surface area contributed by atoms with Crippen LogP contribution in [0.25, 0.3) is 11.3 Å². The summed E-state index contributed by atoms with van der Waals surface area (Å²) in [5.41, 5.74) is 0.149. The molecule has 4 rings (SSSR count). The van der Waals surface area contributed by atoms with Gasteiger partial charge in [0.2, 0.25) is 5.95 Å². The van der Waals surface area contributed by atoms with Gasteiger partial charge in [-0.15, -0.1) is 0 Å². The number of aryl methyl sites for hydroxylation is 1. The molecule has 1 amide bonds. The maximum absolute atomic E-state index is 14.0. The van der Waals surface area contributed by atoms with Crippen LogP contribution in [0.4, 0.5) is 36.3 Å². The van der Waals surface area contributed by atoms with Gasteiger partial charge in [-0.05, 0) is 47.2 Å². The Morgan fingerprint density at radius 2 is 1.89 bits per heavy atom. The van der Waals surface area contributed by atoms with Crippen LogP contribution in [0.15, 0.2) is 48.9 Å². The number of carbonyl (C=O) groups is 1. The molecule has 13 nitrogen and oxygen atoms in total. The monoisotopic (exact) mass is 661 g/mol. The fourth-order valence-electron chi connectivity index (χ4n) is 4.47. The van der Waals surface area contributed by atoms with Crippen molar-refractivity contribution in [3.63, 3.8) is 0 Å². The molecule has 0 aliphatic heterocycles. The minimum atomic E-state index is -4.84. The lowest BCUT2D eigenvalue weighted by molar-refractivity contribution is -0.137. The number of alkyl halides is 3. The molecule has 244 valence electrons. The first kappa shape index (κ1) is 34.2. The third-order valence-electron chi connectivity index (χ3n) is 6.93. The van der Waals surface area contributed by atoms with Crippen molar-refractivity contribution in [2.24, 2.45) is 0 Å². The molecule has 0 aliphatic carbocycles. The number of ether oxygens (including phenoxy) is 1. The summed E-state index contributed by atoms with van der Waals surface area (Å²) < 4.78 is 60.8. The van der Waals surface area contributed by atoms with Gasteiger partial charge in [-0.3, -0.25) is 9.48 Å². The number of nitrogens with zero attached hydrogens (tertiary/aromatic N) is 5. The van der Waals surface area contributed by atoms with E-state index in [1.165, 1.54) is 32.5 Å². The molecule has 3 aromatic heterocycles. The number of aromatic nitrogens is 5. The third-order valence-corrected chi connectivity index (χ3v) is 8.10. The van der Waals surface area contributed by atoms with E-state index in [0.29, 0.717) is 54.7 Å². The summed E-state index contributed by atoms with van der Waals surface area (Å²) in [6.07, 6.45) is 0.304. The topological polar surface area (TPSA) is 176 Å². The Balaban J connectivity index is 1.67. The van der Waals surface area contributed by atoms with Gasteiger partial charge in [-0.25, -0.2) is 9.97 Å². The lowest BCUT2D eigenvalue weighted by atomic mass is 10.1. The minimum Gasteiger partial charge on any atom is -0.495 e. The predicted octanol–water partition coefficient (Wildman–Crippen LogP) is 5.05. The van der Waals surface area contributed by atoms with Gasteiger partial charge in [-0.1, -0.05) is 13.0 Å². The molecule has 0 saturated heterocycles. The van der Waals surface area contributed by atoms with Gasteiger partial charge in [0.25, 0.3) is 5.91 Å². The van der Waals surface area contributed by atoms with E-state index >= 15 is 0 Å². The highest BCUT2D eigenvalue weighted by Gasteiger charge is 2.36. The predicted molar refractivity (Wildman–Crippen MR) is 165 cm³/mol. The highest BCUT2D eigenvalue weighted by atomic mass is 31.1. The fourth-order valence-corrected chi connectivity index (χ4v) is 5.15. The largest absolute Gasteiger partial charge is 0.508 e. The molecule has 4 aromatic rings. The Hall–Kier alpha value is -4.66. The highest BCUT2D eigenvalue weighted by Crippen LogP contribution is 2.37. The second-order valence-electron chi connectivity index (χ2n) is 10.0. The summed E-state index contributed by atoms with van der Waals surface area (Å²) >= 11 is 0. The molecule has 0 fully saturated rings. The van der Waals surface area contributed by atoms with E-state index in [-0.39, 0.29) is 23.9 Å². The second-order valence-corrected chi connectivity index (χ2v) is 11.4. The number of methoxy groups -OCH3 is 1. The summed E-state index contributed by atoms with van der Waals surface area (Å²) in [4.78, 5) is 34.6. The minimum absolute atomic E-state index is 0.0100. The van der Waals surface area contributed by atoms with Crippen molar-refractivity contribution in [1.29, 1.82) is 0 Å². The number of amides is 1. The van der Waals surface area contributed by atoms with E-state index < -0.39 is 37.2 Å². The number of rotatable bonds is 14. The molecular weight excluding hydrogens is 628 g/mol. The number of pyridine rings is 1. The van der Waals surface area contributed by atoms with Crippen LogP contribution >= 0.6 is 8.03 Å². The Morgan fingerprint density at radius 3 is 2.54 bits per heavy atom. The lowest BCUT2D eigenvalue weighted by Gasteiger charge is -2.17. The maximum Gasteiger partial charge on any atom is 0.508 e. The van der Waals surface area contributed by atoms with Gasteiger partial charge in [-0.2, -0.15) is 28.1 Å². The molecule has 1 aromatic carbocycles. The SMILES string of the molecule is CCC(Cc1ccc(Nc2ncc(C(F)(F)F)c(Nc3ccc(-c4cnn(CCCO)c4)nc3C(=O)NC)n2)c(OC)c1)[P+](=O)O. The smallest absolute Gasteiger partial charge is 0.495 e. The van der Waals surface area contributed by atoms with E-state index in [1.807, 2.05) is 6.92 Å². The van der Waals surface area contributed by atoms with Gasteiger partial charge in [0, 0.05) is 44.6 Å². The van der Waals surface area contributed by atoms with Crippen molar-refractivity contribution in [3.8, 4) is 17.0 Å². The molecule has 0 saturated carbocycles. The molecule has 2 unspecified atom stereocenters. The number of anilines is 4. The molecule has 46 heavy (non-hydrogen) atoms. The molecule has 17 heteroatoms. The fraction of sp³-hybridized carbons (Fsp3) is 0.345. The molecule has 0 radical (unpaired) electrons. The number of benzene rings is 1. The van der Waals surface area contributed by atoms with Gasteiger partial charge in [0.1, 0.15) is 17.1 Å². The molecule has 5 N–H and O–H groups in total. The van der Waals surface area contributed by atoms with Crippen LogP contribution < -0.4 is 20.7 Å². The first-order chi connectivity index (χ1) is 22.0. The number of halogens is 3. The van der Waals surface area contributed by atoms with Crippen LogP contribution in [0, 0.1) is 0 Å². The van der Waals surface area contributed by atoms with Crippen LogP contribution in [0.1, 0.15) is 41.4 Å². The van der Waals surface area contributed by atoms with Gasteiger partial charge in [0.05, 0.1) is 30.4 Å². The number of nitrogens with one attached hydrogen (secondary N) is 3. The zero-order chi connectivity index (χ0) is 33.4. The molecule has 0 bridgehead atoms. The van der Waals surface area contributed by atoms with Crippen molar-refractivity contribution in [3.05, 3.63) is 65.7 Å². The number of hydrogen-bond donors (Lipinski definition) is 5. The van der Waals surface area contributed by atoms with Crippen LogP contribution in [0.5, 0.6) is 5.75 Å². The van der Waals surface area contributed by atoms with E-state index in [2.05, 4.69) is 36.0 Å². The number of carbonyl (C=O) groups excluding carboxylic acids is 1. The van der Waals surface area contributed by atoms with Gasteiger partial charge >= 0.3 is 14.2 Å². The van der Waals surface area contributed by atoms with Crippen molar-refractivity contribution in [2.75, 3.05) is 31.4 Å². The number of aliphatic hydroxyl groups is 1. The first-order valence-electron chi connectivity index (χ1n) is 14.1. The zero-order valence-electron chi connectivity index (χ0n) is 25.2. The molecular formula is C29H33F3N8O5P+. The van der Waals surface area contributed by atoms with E-state index in [0.717, 1.165) is 5.56 Å². The Morgan fingerprint density at radius 1 is 1.13 bits per heavy atom. The van der Waals surface area contributed by atoms with Gasteiger partial charge < -0.3 is 25.8 Å². The standard InChI is InChI=1S/C29H32F3N8O5P/c1-4-19(46(43)44)12-17-6-7-22(24(13-17)45-3)38-28-34-15-20(29(30,31)32)26(39-28)37-23-9-8-21(36-25(23)27(42)33-2)18-14-35-40(16-18)10-5-11-41/h6-9,13-16,19,41H,4-5,10-12H2,1-3H3,(H3-,33,34,37,38,39,42,43,44)/p+1. The average Bonchev–Trinajstić information content (AvgIpc) is 3.51. The molecule has 0 spiro atoms.